The van der Waals surface area contributed by atoms with Crippen LogP contribution in [0.2, 0.25) is 0 Å². The van der Waals surface area contributed by atoms with Gasteiger partial charge in [-0.05, 0) is 37.5 Å². The van der Waals surface area contributed by atoms with Gasteiger partial charge in [0, 0.05) is 5.69 Å². The van der Waals surface area contributed by atoms with Gasteiger partial charge in [-0.3, -0.25) is 4.57 Å². The molecule has 0 amide bonds. The van der Waals surface area contributed by atoms with Crippen LogP contribution in [-0.2, 0) is 0 Å². The molecule has 0 aliphatic carbocycles. The van der Waals surface area contributed by atoms with Crippen LogP contribution in [0.4, 0.5) is 5.00 Å². The first kappa shape index (κ1) is 11.9. The first-order valence-electron chi connectivity index (χ1n) is 5.88. The fraction of sp³-hybridized carbons (Fsp3) is 0.154. The van der Waals surface area contributed by atoms with Gasteiger partial charge in [0.1, 0.15) is 10.8 Å². The second-order valence-corrected chi connectivity index (χ2v) is 5.05. The Morgan fingerprint density at radius 2 is 1.84 bits per heavy atom. The number of nitrogens with zero attached hydrogens (tertiary/aromatic N) is 4. The van der Waals surface area contributed by atoms with Crippen molar-refractivity contribution in [1.29, 1.82) is 0 Å². The number of hydrogen-bond donors (Lipinski definition) is 1. The van der Waals surface area contributed by atoms with E-state index >= 15 is 0 Å². The molecule has 0 aliphatic rings. The van der Waals surface area contributed by atoms with Crippen LogP contribution < -0.4 is 5.73 Å². The zero-order valence-corrected chi connectivity index (χ0v) is 11.5. The van der Waals surface area contributed by atoms with Crippen LogP contribution in [-0.4, -0.2) is 19.1 Å². The molecule has 6 heteroatoms. The normalized spacial score (nSPS) is 10.8. The molecule has 2 N–H and O–H groups in total. The van der Waals surface area contributed by atoms with Gasteiger partial charge < -0.3 is 5.73 Å². The van der Waals surface area contributed by atoms with Gasteiger partial charge in [-0.1, -0.05) is 18.2 Å². The molecule has 0 bridgehead atoms. The molecule has 0 radical (unpaired) electrons. The highest BCUT2D eigenvalue weighted by Gasteiger charge is 2.19. The minimum Gasteiger partial charge on any atom is -0.389 e. The molecule has 0 aliphatic heterocycles. The Balaban J connectivity index is 2.26. The van der Waals surface area contributed by atoms with E-state index in [4.69, 9.17) is 5.73 Å². The van der Waals surface area contributed by atoms with Gasteiger partial charge in [0.05, 0.1) is 11.3 Å². The van der Waals surface area contributed by atoms with E-state index in [0.717, 1.165) is 28.6 Å². The Morgan fingerprint density at radius 1 is 1.11 bits per heavy atom. The van der Waals surface area contributed by atoms with E-state index in [1.54, 1.807) is 0 Å². The van der Waals surface area contributed by atoms with E-state index < -0.39 is 0 Å². The number of aromatic nitrogens is 4. The van der Waals surface area contributed by atoms with Crippen molar-refractivity contribution in [3.8, 4) is 17.1 Å². The molecule has 0 unspecified atom stereocenters. The van der Waals surface area contributed by atoms with Gasteiger partial charge in [-0.15, -0.1) is 10.2 Å². The van der Waals surface area contributed by atoms with Crippen LogP contribution in [0.3, 0.4) is 0 Å². The lowest BCUT2D eigenvalue weighted by molar-refractivity contribution is 0.971. The Labute approximate surface area is 114 Å². The highest BCUT2D eigenvalue weighted by molar-refractivity contribution is 7.10. The summed E-state index contributed by atoms with van der Waals surface area (Å²) in [4.78, 5) is 0. The maximum Gasteiger partial charge on any atom is 0.173 e. The lowest BCUT2D eigenvalue weighted by Crippen LogP contribution is -2.01. The molecule has 3 rings (SSSR count). The zero-order chi connectivity index (χ0) is 13.4. The summed E-state index contributed by atoms with van der Waals surface area (Å²) in [5.41, 5.74) is 8.77. The van der Waals surface area contributed by atoms with Gasteiger partial charge in [0.25, 0.3) is 0 Å². The number of benzene rings is 1. The average molecular weight is 271 g/mol. The standard InChI is InChI=1S/C13H13N5S/c1-8-11(12(14)19-17-8)13-16-15-9(2)18(13)10-6-4-3-5-7-10/h3-7H,14H2,1-2H3. The maximum atomic E-state index is 6.00. The van der Waals surface area contributed by atoms with Gasteiger partial charge in [0.2, 0.25) is 0 Å². The highest BCUT2D eigenvalue weighted by atomic mass is 32.1. The lowest BCUT2D eigenvalue weighted by Gasteiger charge is -2.08. The highest BCUT2D eigenvalue weighted by Crippen LogP contribution is 2.32. The summed E-state index contributed by atoms with van der Waals surface area (Å²) in [6.07, 6.45) is 0. The second kappa shape index (κ2) is 4.47. The fourth-order valence-electron chi connectivity index (χ4n) is 2.07. The summed E-state index contributed by atoms with van der Waals surface area (Å²) >= 11 is 1.29. The average Bonchev–Trinajstić information content (AvgIpc) is 2.94. The fourth-order valence-corrected chi connectivity index (χ4v) is 2.73. The van der Waals surface area contributed by atoms with Crippen molar-refractivity contribution in [2.45, 2.75) is 13.8 Å². The van der Waals surface area contributed by atoms with E-state index in [9.17, 15) is 0 Å². The predicted octanol–water partition coefficient (Wildman–Crippen LogP) is 2.59. The SMILES string of the molecule is Cc1nsc(N)c1-c1nnc(C)n1-c1ccccc1. The van der Waals surface area contributed by atoms with Gasteiger partial charge in [-0.25, -0.2) is 0 Å². The van der Waals surface area contributed by atoms with Gasteiger partial charge in [-0.2, -0.15) is 4.37 Å². The minimum absolute atomic E-state index is 0.669. The van der Waals surface area contributed by atoms with Gasteiger partial charge >= 0.3 is 0 Å². The Kier molecular flexibility index (Phi) is 2.79. The molecule has 0 saturated carbocycles. The monoisotopic (exact) mass is 271 g/mol. The van der Waals surface area contributed by atoms with E-state index in [-0.39, 0.29) is 0 Å². The topological polar surface area (TPSA) is 69.6 Å². The first-order valence-corrected chi connectivity index (χ1v) is 6.65. The molecule has 2 aromatic heterocycles. The molecular weight excluding hydrogens is 258 g/mol. The predicted molar refractivity (Wildman–Crippen MR) is 76.4 cm³/mol. The Bertz CT molecular complexity index is 694. The number of aryl methyl sites for hydroxylation is 2. The summed E-state index contributed by atoms with van der Waals surface area (Å²) in [6, 6.07) is 9.99. The third-order valence-electron chi connectivity index (χ3n) is 2.95. The van der Waals surface area contributed by atoms with Gasteiger partial charge in [0.15, 0.2) is 5.82 Å². The smallest absolute Gasteiger partial charge is 0.173 e. The lowest BCUT2D eigenvalue weighted by atomic mass is 10.2. The molecule has 19 heavy (non-hydrogen) atoms. The second-order valence-electron chi connectivity index (χ2n) is 4.25. The largest absolute Gasteiger partial charge is 0.389 e. The molecule has 0 atom stereocenters. The summed E-state index contributed by atoms with van der Waals surface area (Å²) in [5, 5.41) is 9.09. The number of anilines is 1. The van der Waals surface area contributed by atoms with Crippen molar-refractivity contribution in [2.75, 3.05) is 5.73 Å². The van der Waals surface area contributed by atoms with Crippen molar-refractivity contribution >= 4 is 16.5 Å². The van der Waals surface area contributed by atoms with E-state index in [1.165, 1.54) is 11.5 Å². The molecular formula is C13H13N5S. The maximum absolute atomic E-state index is 6.00. The van der Waals surface area contributed by atoms with Crippen LogP contribution in [0.15, 0.2) is 30.3 Å². The van der Waals surface area contributed by atoms with Crippen molar-refractivity contribution in [2.24, 2.45) is 0 Å². The van der Waals surface area contributed by atoms with E-state index in [2.05, 4.69) is 14.6 Å². The molecule has 0 fully saturated rings. The van der Waals surface area contributed by atoms with E-state index in [1.807, 2.05) is 48.7 Å². The molecule has 5 nitrogen and oxygen atoms in total. The summed E-state index contributed by atoms with van der Waals surface area (Å²) in [7, 11) is 0. The van der Waals surface area contributed by atoms with Crippen LogP contribution in [0.1, 0.15) is 11.5 Å². The minimum atomic E-state index is 0.669. The molecule has 96 valence electrons. The van der Waals surface area contributed by atoms with Crippen LogP contribution in [0.25, 0.3) is 17.1 Å². The van der Waals surface area contributed by atoms with Crippen molar-refractivity contribution in [3.05, 3.63) is 41.9 Å². The van der Waals surface area contributed by atoms with Crippen molar-refractivity contribution in [1.82, 2.24) is 19.1 Å². The number of nitrogens with two attached hydrogens (primary N) is 1. The summed E-state index contributed by atoms with van der Waals surface area (Å²) in [6.45, 7) is 3.86. The van der Waals surface area contributed by atoms with Crippen LogP contribution >= 0.6 is 11.5 Å². The summed E-state index contributed by atoms with van der Waals surface area (Å²) in [5.74, 6) is 1.57. The first-order chi connectivity index (χ1) is 9.18. The molecule has 0 saturated heterocycles. The number of hydrogen-bond acceptors (Lipinski definition) is 5. The Morgan fingerprint density at radius 3 is 2.47 bits per heavy atom. The number of rotatable bonds is 2. The number of nitrogen functional groups attached to an aromatic ring is 1. The Hall–Kier alpha value is -2.21. The van der Waals surface area contributed by atoms with Crippen molar-refractivity contribution < 1.29 is 0 Å². The zero-order valence-electron chi connectivity index (χ0n) is 10.7. The third-order valence-corrected chi connectivity index (χ3v) is 3.72. The molecule has 3 aromatic rings. The molecule has 2 heterocycles. The van der Waals surface area contributed by atoms with Crippen LogP contribution in [0.5, 0.6) is 0 Å². The quantitative estimate of drug-likeness (QED) is 0.777. The summed E-state index contributed by atoms with van der Waals surface area (Å²) < 4.78 is 6.27. The van der Waals surface area contributed by atoms with Crippen LogP contribution in [0, 0.1) is 13.8 Å². The number of para-hydroxylation sites is 1. The third kappa shape index (κ3) is 1.90. The van der Waals surface area contributed by atoms with E-state index in [0.29, 0.717) is 5.00 Å². The molecule has 0 spiro atoms. The molecule has 1 aromatic carbocycles. The van der Waals surface area contributed by atoms with Crippen molar-refractivity contribution in [3.63, 3.8) is 0 Å².